The van der Waals surface area contributed by atoms with Gasteiger partial charge < -0.3 is 4.52 Å². The van der Waals surface area contributed by atoms with E-state index in [-0.39, 0.29) is 5.25 Å². The fourth-order valence-electron chi connectivity index (χ4n) is 2.49. The van der Waals surface area contributed by atoms with Crippen molar-refractivity contribution in [2.24, 2.45) is 0 Å². The molecule has 2 aromatic heterocycles. The Labute approximate surface area is 154 Å². The van der Waals surface area contributed by atoms with Gasteiger partial charge in [-0.15, -0.1) is 5.10 Å². The molecule has 2 aromatic carbocycles. The van der Waals surface area contributed by atoms with Crippen molar-refractivity contribution in [3.05, 3.63) is 66.1 Å². The molecule has 0 saturated carbocycles. The maximum Gasteiger partial charge on any atom is 0.240 e. The van der Waals surface area contributed by atoms with E-state index in [9.17, 15) is 0 Å². The fraction of sp³-hybridized carbons (Fsp3) is 0.167. The van der Waals surface area contributed by atoms with Crippen molar-refractivity contribution in [1.29, 1.82) is 0 Å². The molecular weight excluding hydrogens is 348 g/mol. The Morgan fingerprint density at radius 3 is 2.73 bits per heavy atom. The molecule has 0 fully saturated rings. The van der Waals surface area contributed by atoms with Crippen LogP contribution in [-0.4, -0.2) is 30.3 Å². The van der Waals surface area contributed by atoms with E-state index in [0.717, 1.165) is 16.8 Å². The van der Waals surface area contributed by atoms with E-state index >= 15 is 0 Å². The molecule has 2 heterocycles. The monoisotopic (exact) mass is 364 g/mol. The number of hydrogen-bond acceptors (Lipinski definition) is 7. The number of aromatic nitrogens is 6. The van der Waals surface area contributed by atoms with E-state index < -0.39 is 0 Å². The van der Waals surface area contributed by atoms with Gasteiger partial charge >= 0.3 is 0 Å². The molecule has 0 bridgehead atoms. The summed E-state index contributed by atoms with van der Waals surface area (Å²) in [6.45, 7) is 4.02. The molecule has 0 N–H and O–H groups in total. The minimum Gasteiger partial charge on any atom is -0.338 e. The third kappa shape index (κ3) is 3.36. The maximum atomic E-state index is 5.43. The Hall–Kier alpha value is -3.00. The van der Waals surface area contributed by atoms with Crippen molar-refractivity contribution in [1.82, 2.24) is 30.3 Å². The highest BCUT2D eigenvalue weighted by Gasteiger charge is 2.20. The van der Waals surface area contributed by atoms with Gasteiger partial charge in [0.05, 0.1) is 10.9 Å². The highest BCUT2D eigenvalue weighted by Crippen LogP contribution is 2.34. The van der Waals surface area contributed by atoms with E-state index in [2.05, 4.69) is 25.7 Å². The van der Waals surface area contributed by atoms with E-state index in [0.29, 0.717) is 16.9 Å². The molecule has 0 aliphatic rings. The van der Waals surface area contributed by atoms with Crippen LogP contribution in [0.3, 0.4) is 0 Å². The maximum absolute atomic E-state index is 5.43. The Morgan fingerprint density at radius 2 is 1.92 bits per heavy atom. The molecule has 4 rings (SSSR count). The predicted molar refractivity (Wildman–Crippen MR) is 97.9 cm³/mol. The quantitative estimate of drug-likeness (QED) is 0.497. The number of thioether (sulfide) groups is 1. The number of hydrogen-bond donors (Lipinski definition) is 0. The number of nitrogens with zero attached hydrogens (tertiary/aromatic N) is 6. The Morgan fingerprint density at radius 1 is 1.08 bits per heavy atom. The Kier molecular flexibility index (Phi) is 4.49. The van der Waals surface area contributed by atoms with Gasteiger partial charge in [0, 0.05) is 5.56 Å². The molecule has 0 radical (unpaired) electrons. The van der Waals surface area contributed by atoms with Crippen LogP contribution < -0.4 is 0 Å². The molecule has 0 saturated heterocycles. The highest BCUT2D eigenvalue weighted by atomic mass is 32.2. The lowest BCUT2D eigenvalue weighted by Crippen LogP contribution is -2.00. The number of benzene rings is 2. The first-order valence-corrected chi connectivity index (χ1v) is 9.00. The lowest BCUT2D eigenvalue weighted by Gasteiger charge is -2.07. The summed E-state index contributed by atoms with van der Waals surface area (Å²) in [6, 6.07) is 17.8. The molecule has 0 aliphatic heterocycles. The van der Waals surface area contributed by atoms with Crippen LogP contribution >= 0.6 is 11.8 Å². The van der Waals surface area contributed by atoms with Crippen LogP contribution in [-0.2, 0) is 0 Å². The second-order valence-corrected chi connectivity index (χ2v) is 7.10. The average molecular weight is 364 g/mol. The number of tetrazole rings is 1. The SMILES string of the molecule is Cc1cccc(-n2nnnc2SC(C)c2nc(-c3ccccc3)no2)c1. The van der Waals surface area contributed by atoms with Crippen LogP contribution in [0.4, 0.5) is 0 Å². The third-order valence-corrected chi connectivity index (χ3v) is 4.81. The third-order valence-electron chi connectivity index (χ3n) is 3.79. The zero-order chi connectivity index (χ0) is 17.9. The first kappa shape index (κ1) is 16.5. The molecule has 0 spiro atoms. The van der Waals surface area contributed by atoms with Crippen molar-refractivity contribution in [2.45, 2.75) is 24.3 Å². The zero-order valence-corrected chi connectivity index (χ0v) is 15.1. The van der Waals surface area contributed by atoms with Crippen LogP contribution in [0.1, 0.15) is 23.6 Å². The predicted octanol–water partition coefficient (Wildman–Crippen LogP) is 3.87. The number of aryl methyl sites for hydroxylation is 1. The molecule has 0 amide bonds. The molecule has 130 valence electrons. The normalized spacial score (nSPS) is 12.2. The summed E-state index contributed by atoms with van der Waals surface area (Å²) in [4.78, 5) is 4.50. The van der Waals surface area contributed by atoms with Crippen molar-refractivity contribution in [3.8, 4) is 17.1 Å². The van der Waals surface area contributed by atoms with Gasteiger partial charge in [0.25, 0.3) is 0 Å². The summed E-state index contributed by atoms with van der Waals surface area (Å²) in [5.41, 5.74) is 2.98. The molecular formula is C18H16N6OS. The van der Waals surface area contributed by atoms with Crippen LogP contribution in [0.2, 0.25) is 0 Å². The second kappa shape index (κ2) is 7.09. The average Bonchev–Trinajstić information content (AvgIpc) is 3.32. The van der Waals surface area contributed by atoms with Gasteiger partial charge in [0.1, 0.15) is 0 Å². The standard InChI is InChI=1S/C18H16N6OS/c1-12-7-6-10-15(11-12)24-18(20-22-23-24)26-13(2)17-19-16(21-25-17)14-8-4-3-5-9-14/h3-11,13H,1-2H3. The Bertz CT molecular complexity index is 1010. The van der Waals surface area contributed by atoms with Gasteiger partial charge in [0.2, 0.25) is 16.9 Å². The largest absolute Gasteiger partial charge is 0.338 e. The molecule has 4 aromatic rings. The van der Waals surface area contributed by atoms with Crippen LogP contribution in [0.5, 0.6) is 0 Å². The van der Waals surface area contributed by atoms with E-state index in [4.69, 9.17) is 4.52 Å². The van der Waals surface area contributed by atoms with Crippen LogP contribution in [0, 0.1) is 6.92 Å². The van der Waals surface area contributed by atoms with Crippen LogP contribution in [0.25, 0.3) is 17.1 Å². The second-order valence-electron chi connectivity index (χ2n) is 5.79. The first-order valence-electron chi connectivity index (χ1n) is 8.12. The summed E-state index contributed by atoms with van der Waals surface area (Å²) in [7, 11) is 0. The topological polar surface area (TPSA) is 82.5 Å². The van der Waals surface area contributed by atoms with E-state index in [1.165, 1.54) is 11.8 Å². The summed E-state index contributed by atoms with van der Waals surface area (Å²) in [6.07, 6.45) is 0. The zero-order valence-electron chi connectivity index (χ0n) is 14.3. The molecule has 0 aliphatic carbocycles. The van der Waals surface area contributed by atoms with Gasteiger partial charge in [-0.3, -0.25) is 0 Å². The summed E-state index contributed by atoms with van der Waals surface area (Å²) < 4.78 is 7.15. The molecule has 8 heteroatoms. The molecule has 1 atom stereocenters. The van der Waals surface area contributed by atoms with E-state index in [1.807, 2.05) is 68.4 Å². The summed E-state index contributed by atoms with van der Waals surface area (Å²) in [5, 5.41) is 16.7. The fourth-order valence-corrected chi connectivity index (χ4v) is 3.33. The lowest BCUT2D eigenvalue weighted by molar-refractivity contribution is 0.380. The van der Waals surface area contributed by atoms with E-state index in [1.54, 1.807) is 4.68 Å². The summed E-state index contributed by atoms with van der Waals surface area (Å²) >= 11 is 1.47. The van der Waals surface area contributed by atoms with Gasteiger partial charge in [-0.2, -0.15) is 9.67 Å². The molecule has 26 heavy (non-hydrogen) atoms. The van der Waals surface area contributed by atoms with Gasteiger partial charge in [-0.05, 0) is 42.0 Å². The van der Waals surface area contributed by atoms with Gasteiger partial charge in [0.15, 0.2) is 0 Å². The van der Waals surface area contributed by atoms with Crippen LogP contribution in [0.15, 0.2) is 64.3 Å². The van der Waals surface area contributed by atoms with Crippen molar-refractivity contribution < 1.29 is 4.52 Å². The van der Waals surface area contributed by atoms with Gasteiger partial charge in [-0.25, -0.2) is 0 Å². The highest BCUT2D eigenvalue weighted by molar-refractivity contribution is 7.99. The smallest absolute Gasteiger partial charge is 0.240 e. The lowest BCUT2D eigenvalue weighted by atomic mass is 10.2. The summed E-state index contributed by atoms with van der Waals surface area (Å²) in [5.74, 6) is 1.11. The minimum absolute atomic E-state index is 0.0884. The first-order chi connectivity index (χ1) is 12.7. The van der Waals surface area contributed by atoms with Crippen molar-refractivity contribution >= 4 is 11.8 Å². The number of rotatable bonds is 5. The van der Waals surface area contributed by atoms with Crippen molar-refractivity contribution in [2.75, 3.05) is 0 Å². The Balaban J connectivity index is 1.56. The molecule has 1 unspecified atom stereocenters. The van der Waals surface area contributed by atoms with Gasteiger partial charge in [-0.1, -0.05) is 59.4 Å². The van der Waals surface area contributed by atoms with Crippen molar-refractivity contribution in [3.63, 3.8) is 0 Å². The minimum atomic E-state index is -0.0884. The molecule has 7 nitrogen and oxygen atoms in total.